The van der Waals surface area contributed by atoms with E-state index in [4.69, 9.17) is 4.74 Å². The second kappa shape index (κ2) is 9.97. The Morgan fingerprint density at radius 1 is 1.27 bits per heavy atom. The van der Waals surface area contributed by atoms with Crippen LogP contribution in [0.25, 0.3) is 5.43 Å². The summed E-state index contributed by atoms with van der Waals surface area (Å²) < 4.78 is 31.2. The number of rotatable bonds is 5. The predicted molar refractivity (Wildman–Crippen MR) is 111 cm³/mol. The molecular weight excluding hydrogens is 501 g/mol. The maximum atomic E-state index is 12.9. The maximum Gasteiger partial charge on any atom is 0.280 e. The van der Waals surface area contributed by atoms with E-state index in [0.29, 0.717) is 24.8 Å². The number of carbonyl (C=O) groups is 1. The average molecular weight is 522 g/mol. The molecule has 11 heteroatoms. The summed E-state index contributed by atoms with van der Waals surface area (Å²) in [5.74, 6) is -0.749. The van der Waals surface area contributed by atoms with Crippen LogP contribution in [0.3, 0.4) is 0 Å². The fourth-order valence-electron chi connectivity index (χ4n) is 3.11. The molecule has 1 aromatic heterocycles. The van der Waals surface area contributed by atoms with Gasteiger partial charge in [0.05, 0.1) is 18.1 Å². The minimum Gasteiger partial charge on any atom is -0.565 e. The molecule has 2 aliphatic rings. The van der Waals surface area contributed by atoms with Gasteiger partial charge in [0.1, 0.15) is 0 Å². The number of nitrogens with one attached hydrogen (secondary N) is 1. The molecule has 0 saturated carbocycles. The number of hydrogen-bond acceptors (Lipinski definition) is 7. The summed E-state index contributed by atoms with van der Waals surface area (Å²) in [7, 11) is -4.00. The molecule has 2 aliphatic heterocycles. The van der Waals surface area contributed by atoms with E-state index in [1.54, 1.807) is 6.07 Å². The summed E-state index contributed by atoms with van der Waals surface area (Å²) in [6.45, 7) is 5.75. The third-order valence-corrected chi connectivity index (χ3v) is 7.56. The van der Waals surface area contributed by atoms with Crippen LogP contribution in [0.4, 0.5) is 5.00 Å². The number of fused-ring (bicyclic) bond motifs is 1. The van der Waals surface area contributed by atoms with E-state index < -0.39 is 20.8 Å². The molecule has 1 fully saturated rings. The molecule has 8 nitrogen and oxygen atoms in total. The van der Waals surface area contributed by atoms with Crippen LogP contribution in [0.2, 0.25) is 0 Å². The van der Waals surface area contributed by atoms with Crippen molar-refractivity contribution in [3.8, 4) is 0 Å². The normalized spacial score (nSPS) is 17.8. The van der Waals surface area contributed by atoms with Crippen molar-refractivity contribution in [3.63, 3.8) is 0 Å². The molecule has 1 amide bonds. The Balaban J connectivity index is 0.00000256. The second-order valence-electron chi connectivity index (χ2n) is 6.95. The molecule has 3 heterocycles. The van der Waals surface area contributed by atoms with E-state index in [1.165, 1.54) is 11.3 Å². The van der Waals surface area contributed by atoms with Gasteiger partial charge in [0.2, 0.25) is 14.9 Å². The number of nitrogens with zero attached hydrogens (tertiary/aromatic N) is 3. The van der Waals surface area contributed by atoms with Crippen LogP contribution < -0.4 is 5.32 Å². The van der Waals surface area contributed by atoms with Crippen LogP contribution in [-0.2, 0) is 65.2 Å². The summed E-state index contributed by atoms with van der Waals surface area (Å²) in [6.07, 6.45) is 0. The second-order valence-corrected chi connectivity index (χ2v) is 9.90. The van der Waals surface area contributed by atoms with E-state index in [1.807, 2.05) is 31.2 Å². The van der Waals surface area contributed by atoms with Crippen LogP contribution in [-0.4, -0.2) is 50.6 Å². The van der Waals surface area contributed by atoms with Crippen LogP contribution in [0.5, 0.6) is 0 Å². The van der Waals surface area contributed by atoms with E-state index in [0.717, 1.165) is 29.1 Å². The zero-order chi connectivity index (χ0) is 20.4. The largest absolute Gasteiger partial charge is 0.565 e. The third-order valence-electron chi connectivity index (χ3n) is 4.76. The van der Waals surface area contributed by atoms with Crippen LogP contribution in [0.15, 0.2) is 40.3 Å². The first-order valence-corrected chi connectivity index (χ1v) is 11.5. The number of morpholine rings is 1. The quantitative estimate of drug-likeness (QED) is 0.650. The Morgan fingerprint density at radius 3 is 2.67 bits per heavy atom. The third kappa shape index (κ3) is 5.17. The van der Waals surface area contributed by atoms with Crippen LogP contribution >= 0.6 is 11.3 Å². The molecule has 1 N–H and O–H groups in total. The molecule has 1 saturated heterocycles. The van der Waals surface area contributed by atoms with E-state index >= 15 is 0 Å². The van der Waals surface area contributed by atoms with Gasteiger partial charge < -0.3 is 20.6 Å². The maximum absolute atomic E-state index is 12.9. The number of amides is 1. The molecule has 0 spiro atoms. The predicted octanol–water partition coefficient (Wildman–Crippen LogP) is 2.31. The summed E-state index contributed by atoms with van der Waals surface area (Å²) >= 11 is 1.29. The summed E-state index contributed by atoms with van der Waals surface area (Å²) in [4.78, 5) is 15.6. The summed E-state index contributed by atoms with van der Waals surface area (Å²) in [5.41, 5.74) is 5.98. The van der Waals surface area contributed by atoms with Gasteiger partial charge in [0.25, 0.3) is 5.91 Å². The smallest absolute Gasteiger partial charge is 0.280 e. The molecule has 0 unspecified atom stereocenters. The first-order chi connectivity index (χ1) is 13.9. The minimum absolute atomic E-state index is 0. The molecule has 0 aliphatic carbocycles. The minimum atomic E-state index is -4.00. The number of ether oxygens (including phenoxy) is 1. The number of carbonyl (C=O) groups excluding carboxylic acids is 1. The van der Waals surface area contributed by atoms with Crippen molar-refractivity contribution in [2.75, 3.05) is 26.3 Å². The molecule has 0 bridgehead atoms. The molecule has 30 heavy (non-hydrogen) atoms. The molecule has 157 valence electrons. The van der Waals surface area contributed by atoms with Gasteiger partial charge in [-0.25, -0.2) is 8.42 Å². The van der Waals surface area contributed by atoms with Gasteiger partial charge in [-0.2, -0.15) is 11.3 Å². The Kier molecular flexibility index (Phi) is 7.81. The number of benzene rings is 1. The van der Waals surface area contributed by atoms with Crippen molar-refractivity contribution >= 4 is 37.1 Å². The van der Waals surface area contributed by atoms with Crippen LogP contribution in [0, 0.1) is 6.92 Å². The van der Waals surface area contributed by atoms with Crippen molar-refractivity contribution in [1.82, 2.24) is 10.2 Å². The Labute approximate surface area is 204 Å². The van der Waals surface area contributed by atoms with Gasteiger partial charge in [-0.3, -0.25) is 9.69 Å². The fourth-order valence-corrected chi connectivity index (χ4v) is 5.79. The van der Waals surface area contributed by atoms with E-state index in [9.17, 15) is 13.2 Å². The monoisotopic (exact) mass is 522 g/mol. The van der Waals surface area contributed by atoms with Gasteiger partial charge in [-0.15, -0.1) is 0 Å². The van der Waals surface area contributed by atoms with Crippen molar-refractivity contribution in [3.05, 3.63) is 51.8 Å². The summed E-state index contributed by atoms with van der Waals surface area (Å²) in [6, 6.07) is 9.23. The molecule has 0 atom stereocenters. The first-order valence-electron chi connectivity index (χ1n) is 9.24. The molecule has 1 aromatic carbocycles. The van der Waals surface area contributed by atoms with Crippen molar-refractivity contribution in [2.45, 2.75) is 24.9 Å². The van der Waals surface area contributed by atoms with Crippen LogP contribution in [0.1, 0.15) is 16.0 Å². The number of aryl methyl sites for hydroxylation is 1. The standard InChI is InChI=1S/C19H22N4O4S2.Y/c1-13-2-4-14(5-3-13)11-20-17(24)19-22-21-18-16(29(19,25)26)10-15(28-18)12-23-6-8-27-9-7-23;/h2-5,10H,6-9,11-12H2,1H3,(H2,20,21,24);/p-1. The van der Waals surface area contributed by atoms with E-state index in [-0.39, 0.29) is 44.1 Å². The Hall–Kier alpha value is -1.17. The molecular formula is C19H21N4O4S2Y-. The number of sulfone groups is 1. The topological polar surface area (TPSA) is 102 Å². The molecule has 1 radical (unpaired) electrons. The van der Waals surface area contributed by atoms with Gasteiger partial charge >= 0.3 is 0 Å². The first kappa shape index (κ1) is 23.5. The van der Waals surface area contributed by atoms with Gasteiger partial charge in [0.15, 0.2) is 0 Å². The van der Waals surface area contributed by atoms with Crippen molar-refractivity contribution < 1.29 is 50.7 Å². The zero-order valence-corrected chi connectivity index (χ0v) is 21.0. The number of hydrogen-bond donors (Lipinski definition) is 1. The Morgan fingerprint density at radius 2 is 1.97 bits per heavy atom. The van der Waals surface area contributed by atoms with Gasteiger partial charge in [-0.1, -0.05) is 29.8 Å². The number of thiophene rings is 1. The molecule has 4 rings (SSSR count). The SMILES string of the molecule is Cc1ccc(CNC(=O)C2=N[N-]c3sc(CN4CCOCC4)cc3S2(=O)=O)cc1.[Y]. The summed E-state index contributed by atoms with van der Waals surface area (Å²) in [5, 5.41) is 6.11. The fraction of sp³-hybridized carbons (Fsp3) is 0.368. The van der Waals surface area contributed by atoms with Crippen molar-refractivity contribution in [1.29, 1.82) is 0 Å². The zero-order valence-electron chi connectivity index (χ0n) is 16.5. The average Bonchev–Trinajstić information content (AvgIpc) is 3.12. The van der Waals surface area contributed by atoms with Gasteiger partial charge in [-0.05, 0) is 23.6 Å². The van der Waals surface area contributed by atoms with E-state index in [2.05, 4.69) is 20.7 Å². The molecule has 2 aromatic rings. The van der Waals surface area contributed by atoms with Crippen molar-refractivity contribution in [2.24, 2.45) is 5.10 Å². The van der Waals surface area contributed by atoms with Gasteiger partial charge in [0, 0.05) is 63.8 Å². The Bertz CT molecular complexity index is 1040.